The quantitative estimate of drug-likeness (QED) is 0.685. The lowest BCUT2D eigenvalue weighted by molar-refractivity contribution is -0.263. The molecule has 3 aromatic rings. The number of alkyl halides is 3. The predicted molar refractivity (Wildman–Crippen MR) is 104 cm³/mol. The van der Waals surface area contributed by atoms with Crippen LogP contribution in [0.5, 0.6) is 0 Å². The summed E-state index contributed by atoms with van der Waals surface area (Å²) in [5, 5.41) is 21.9. The molecule has 1 amide bonds. The molecule has 3 heterocycles. The Morgan fingerprint density at radius 1 is 1.19 bits per heavy atom. The van der Waals surface area contributed by atoms with Crippen molar-refractivity contribution in [3.63, 3.8) is 0 Å². The molecule has 1 unspecified atom stereocenters. The van der Waals surface area contributed by atoms with E-state index in [1.54, 1.807) is 20.0 Å². The van der Waals surface area contributed by atoms with E-state index >= 15 is 0 Å². The Bertz CT molecular complexity index is 1120. The van der Waals surface area contributed by atoms with E-state index in [4.69, 9.17) is 0 Å². The first-order valence-corrected chi connectivity index (χ1v) is 9.62. The van der Waals surface area contributed by atoms with Gasteiger partial charge in [-0.2, -0.15) is 18.3 Å². The number of aromatic nitrogens is 5. The molecule has 2 atom stereocenters. The van der Waals surface area contributed by atoms with Crippen molar-refractivity contribution in [2.75, 3.05) is 6.54 Å². The molecule has 8 nitrogen and oxygen atoms in total. The average Bonchev–Trinajstić information content (AvgIpc) is 3.31. The first kappa shape index (κ1) is 21.0. The molecule has 0 fully saturated rings. The number of nitrogens with zero attached hydrogens (tertiary/aromatic N) is 6. The van der Waals surface area contributed by atoms with E-state index in [1.165, 1.54) is 14.1 Å². The van der Waals surface area contributed by atoms with Crippen LogP contribution in [-0.2, 0) is 19.2 Å². The molecule has 2 aromatic heterocycles. The van der Waals surface area contributed by atoms with Gasteiger partial charge in [0.15, 0.2) is 11.6 Å². The van der Waals surface area contributed by atoms with Gasteiger partial charge in [-0.05, 0) is 19.9 Å². The van der Waals surface area contributed by atoms with Gasteiger partial charge in [-0.3, -0.25) is 9.48 Å². The largest absolute Gasteiger partial charge is 0.424 e. The number of carbonyl (C=O) groups excluding carboxylic acids is 1. The fourth-order valence-corrected chi connectivity index (χ4v) is 3.72. The first-order valence-electron chi connectivity index (χ1n) is 9.62. The summed E-state index contributed by atoms with van der Waals surface area (Å²) >= 11 is 0. The zero-order valence-corrected chi connectivity index (χ0v) is 17.1. The summed E-state index contributed by atoms with van der Waals surface area (Å²) < 4.78 is 42.6. The third kappa shape index (κ3) is 3.48. The van der Waals surface area contributed by atoms with Gasteiger partial charge in [0.05, 0.1) is 18.3 Å². The second kappa shape index (κ2) is 7.19. The van der Waals surface area contributed by atoms with Gasteiger partial charge >= 0.3 is 6.18 Å². The van der Waals surface area contributed by atoms with Crippen molar-refractivity contribution in [3.8, 4) is 11.3 Å². The zero-order chi connectivity index (χ0) is 22.6. The lowest BCUT2D eigenvalue weighted by Crippen LogP contribution is -2.46. The smallest absolute Gasteiger partial charge is 0.374 e. The number of benzene rings is 1. The highest BCUT2D eigenvalue weighted by Crippen LogP contribution is 2.39. The lowest BCUT2D eigenvalue weighted by atomic mass is 10.0. The highest BCUT2D eigenvalue weighted by Gasteiger charge is 2.55. The fraction of sp³-hybridized carbons (Fsp3) is 0.400. The standard InChI is InChI=1S/C20H21F3N6O2/c1-12-10-28(11-16-24-25-18(29(12)16)19(2,31)20(21,22)23)17(30)15-9-14(26-27(15)3)13-7-5-4-6-8-13/h4-9,12,31H,10-11H2,1-3H3/t12-,19?/m0/s1. The molecule has 0 aliphatic carbocycles. The van der Waals surface area contributed by atoms with Crippen molar-refractivity contribution in [1.82, 2.24) is 29.4 Å². The maximum absolute atomic E-state index is 13.3. The summed E-state index contributed by atoms with van der Waals surface area (Å²) in [5.41, 5.74) is -1.29. The molecule has 0 saturated carbocycles. The highest BCUT2D eigenvalue weighted by molar-refractivity contribution is 5.93. The van der Waals surface area contributed by atoms with Crippen LogP contribution in [0.25, 0.3) is 11.3 Å². The van der Waals surface area contributed by atoms with Crippen LogP contribution in [0.1, 0.15) is 42.0 Å². The molecule has 1 aliphatic rings. The third-order valence-corrected chi connectivity index (χ3v) is 5.47. The maximum Gasteiger partial charge on any atom is 0.424 e. The molecule has 31 heavy (non-hydrogen) atoms. The van der Waals surface area contributed by atoms with Crippen molar-refractivity contribution in [2.45, 2.75) is 38.2 Å². The average molecular weight is 434 g/mol. The van der Waals surface area contributed by atoms with Gasteiger partial charge in [0.25, 0.3) is 5.91 Å². The van der Waals surface area contributed by atoms with Gasteiger partial charge in [0.1, 0.15) is 5.69 Å². The Labute approximate surface area is 175 Å². The Kier molecular flexibility index (Phi) is 4.88. The summed E-state index contributed by atoms with van der Waals surface area (Å²) in [4.78, 5) is 14.7. The molecular formula is C20H21F3N6O2. The van der Waals surface area contributed by atoms with Gasteiger partial charge < -0.3 is 14.6 Å². The summed E-state index contributed by atoms with van der Waals surface area (Å²) in [6.45, 7) is 2.41. The number of halogens is 3. The number of rotatable bonds is 3. The number of hydrogen-bond donors (Lipinski definition) is 1. The number of aliphatic hydroxyl groups is 1. The van der Waals surface area contributed by atoms with Crippen molar-refractivity contribution >= 4 is 5.91 Å². The van der Waals surface area contributed by atoms with E-state index in [-0.39, 0.29) is 24.8 Å². The first-order chi connectivity index (χ1) is 14.5. The number of carbonyl (C=O) groups is 1. The molecular weight excluding hydrogens is 413 g/mol. The molecule has 1 aromatic carbocycles. The summed E-state index contributed by atoms with van der Waals surface area (Å²) in [6.07, 6.45) is -4.91. The van der Waals surface area contributed by atoms with Crippen molar-refractivity contribution in [2.24, 2.45) is 7.05 Å². The van der Waals surface area contributed by atoms with Gasteiger partial charge in [-0.25, -0.2) is 0 Å². The normalized spacial score (nSPS) is 18.5. The van der Waals surface area contributed by atoms with E-state index in [9.17, 15) is 23.1 Å². The van der Waals surface area contributed by atoms with Crippen LogP contribution >= 0.6 is 0 Å². The second-order valence-corrected chi connectivity index (χ2v) is 7.82. The van der Waals surface area contributed by atoms with Crippen LogP contribution < -0.4 is 0 Å². The molecule has 1 aliphatic heterocycles. The van der Waals surface area contributed by atoms with Crippen LogP contribution in [0.15, 0.2) is 36.4 Å². The molecule has 0 spiro atoms. The van der Waals surface area contributed by atoms with Crippen molar-refractivity contribution in [3.05, 3.63) is 53.7 Å². The summed E-state index contributed by atoms with van der Waals surface area (Å²) in [5.74, 6) is -0.721. The van der Waals surface area contributed by atoms with E-state index in [0.717, 1.165) is 5.56 Å². The minimum absolute atomic E-state index is 0.0318. The van der Waals surface area contributed by atoms with Crippen molar-refractivity contribution < 1.29 is 23.1 Å². The highest BCUT2D eigenvalue weighted by atomic mass is 19.4. The molecule has 0 saturated heterocycles. The van der Waals surface area contributed by atoms with Crippen LogP contribution in [0.4, 0.5) is 13.2 Å². The molecule has 4 rings (SSSR count). The number of amides is 1. The van der Waals surface area contributed by atoms with Crippen LogP contribution in [0.3, 0.4) is 0 Å². The number of aryl methyl sites for hydroxylation is 1. The Morgan fingerprint density at radius 3 is 2.52 bits per heavy atom. The number of fused-ring (bicyclic) bond motifs is 1. The minimum Gasteiger partial charge on any atom is -0.374 e. The van der Waals surface area contributed by atoms with Gasteiger partial charge in [0.2, 0.25) is 5.60 Å². The third-order valence-electron chi connectivity index (χ3n) is 5.47. The molecule has 11 heteroatoms. The summed E-state index contributed by atoms with van der Waals surface area (Å²) in [6, 6.07) is 10.5. The Morgan fingerprint density at radius 2 is 1.87 bits per heavy atom. The van der Waals surface area contributed by atoms with E-state index in [0.29, 0.717) is 18.3 Å². The molecule has 1 N–H and O–H groups in total. The Hall–Kier alpha value is -3.21. The zero-order valence-electron chi connectivity index (χ0n) is 17.1. The topological polar surface area (TPSA) is 89.1 Å². The van der Waals surface area contributed by atoms with Gasteiger partial charge in [0, 0.05) is 19.2 Å². The molecule has 0 radical (unpaired) electrons. The van der Waals surface area contributed by atoms with Gasteiger partial charge in [-0.1, -0.05) is 30.3 Å². The summed E-state index contributed by atoms with van der Waals surface area (Å²) in [7, 11) is 1.66. The van der Waals surface area contributed by atoms with Crippen LogP contribution in [0.2, 0.25) is 0 Å². The van der Waals surface area contributed by atoms with Crippen LogP contribution in [-0.4, -0.2) is 53.2 Å². The van der Waals surface area contributed by atoms with Crippen molar-refractivity contribution in [1.29, 1.82) is 0 Å². The monoisotopic (exact) mass is 434 g/mol. The minimum atomic E-state index is -4.91. The maximum atomic E-state index is 13.3. The lowest BCUT2D eigenvalue weighted by Gasteiger charge is -2.34. The van der Waals surface area contributed by atoms with Crippen LogP contribution in [0, 0.1) is 0 Å². The van der Waals surface area contributed by atoms with Gasteiger partial charge in [-0.15, -0.1) is 10.2 Å². The van der Waals surface area contributed by atoms with E-state index in [1.807, 2.05) is 30.3 Å². The Balaban J connectivity index is 1.62. The number of hydrogen-bond acceptors (Lipinski definition) is 5. The fourth-order valence-electron chi connectivity index (χ4n) is 3.72. The molecule has 0 bridgehead atoms. The SMILES string of the molecule is C[C@H]1CN(C(=O)c2cc(-c3ccccc3)nn2C)Cc2nnc(C(C)(O)C(F)(F)F)n21. The predicted octanol–water partition coefficient (Wildman–Crippen LogP) is 2.67. The van der Waals surface area contributed by atoms with E-state index < -0.39 is 23.6 Å². The van der Waals surface area contributed by atoms with E-state index in [2.05, 4.69) is 15.3 Å². The second-order valence-electron chi connectivity index (χ2n) is 7.82. The molecule has 164 valence electrons.